The van der Waals surface area contributed by atoms with Crippen LogP contribution in [0.2, 0.25) is 0 Å². The quantitative estimate of drug-likeness (QED) is 0.759. The molecule has 16 heavy (non-hydrogen) atoms. The van der Waals surface area contributed by atoms with Gasteiger partial charge < -0.3 is 10.4 Å². The molecule has 1 rings (SSSR count). The predicted octanol–water partition coefficient (Wildman–Crippen LogP) is 1.56. The highest BCUT2D eigenvalue weighted by molar-refractivity contribution is 5.94. The number of hydrogen-bond acceptors (Lipinski definition) is 3. The van der Waals surface area contributed by atoms with E-state index in [1.165, 1.54) is 12.1 Å². The standard InChI is InChI=1S/C11H11FN2O2/c12-10-7-8(15)3-4-9(10)11(16)14-6-2-1-5-13/h3-4,7,15H,1-2,6H2,(H,14,16). The van der Waals surface area contributed by atoms with E-state index in [4.69, 9.17) is 10.4 Å². The molecular weight excluding hydrogens is 211 g/mol. The Hall–Kier alpha value is -2.09. The number of aromatic hydroxyl groups is 1. The van der Waals surface area contributed by atoms with Gasteiger partial charge >= 0.3 is 0 Å². The molecule has 0 aliphatic rings. The Labute approximate surface area is 92.3 Å². The van der Waals surface area contributed by atoms with Crippen molar-refractivity contribution >= 4 is 5.91 Å². The Morgan fingerprint density at radius 1 is 1.56 bits per heavy atom. The van der Waals surface area contributed by atoms with Gasteiger partial charge in [-0.05, 0) is 18.6 Å². The number of nitriles is 1. The Bertz CT molecular complexity index is 426. The molecule has 0 aliphatic heterocycles. The number of nitrogens with one attached hydrogen (secondary N) is 1. The third kappa shape index (κ3) is 3.24. The molecule has 1 amide bonds. The summed E-state index contributed by atoms with van der Waals surface area (Å²) in [7, 11) is 0. The molecule has 0 radical (unpaired) electrons. The summed E-state index contributed by atoms with van der Waals surface area (Å²) in [6.07, 6.45) is 0.875. The fraction of sp³-hybridized carbons (Fsp3) is 0.273. The van der Waals surface area contributed by atoms with Gasteiger partial charge in [-0.1, -0.05) is 0 Å². The summed E-state index contributed by atoms with van der Waals surface area (Å²) in [6.45, 7) is 0.326. The zero-order valence-corrected chi connectivity index (χ0v) is 8.53. The minimum Gasteiger partial charge on any atom is -0.508 e. The van der Waals surface area contributed by atoms with Gasteiger partial charge in [-0.3, -0.25) is 4.79 Å². The second-order valence-corrected chi connectivity index (χ2v) is 3.18. The van der Waals surface area contributed by atoms with Gasteiger partial charge in [-0.15, -0.1) is 0 Å². The van der Waals surface area contributed by atoms with Crippen LogP contribution in [-0.2, 0) is 0 Å². The molecule has 1 aromatic rings. The lowest BCUT2D eigenvalue weighted by molar-refractivity contribution is 0.0949. The molecule has 0 unspecified atom stereocenters. The summed E-state index contributed by atoms with van der Waals surface area (Å²) in [5, 5.41) is 19.7. The zero-order chi connectivity index (χ0) is 12.0. The maximum absolute atomic E-state index is 13.2. The van der Waals surface area contributed by atoms with E-state index in [2.05, 4.69) is 5.32 Å². The van der Waals surface area contributed by atoms with E-state index in [-0.39, 0.29) is 11.3 Å². The first-order valence-electron chi connectivity index (χ1n) is 4.79. The average Bonchev–Trinajstić information content (AvgIpc) is 2.24. The summed E-state index contributed by atoms with van der Waals surface area (Å²) in [6, 6.07) is 5.28. The first kappa shape index (κ1) is 12.0. The van der Waals surface area contributed by atoms with Gasteiger partial charge in [0.25, 0.3) is 5.91 Å². The molecule has 0 atom stereocenters. The molecule has 5 heteroatoms. The second kappa shape index (κ2) is 5.71. The van der Waals surface area contributed by atoms with Gasteiger partial charge in [0.05, 0.1) is 11.6 Å². The van der Waals surface area contributed by atoms with Crippen LogP contribution in [0.4, 0.5) is 4.39 Å². The van der Waals surface area contributed by atoms with E-state index in [0.29, 0.717) is 19.4 Å². The summed E-state index contributed by atoms with van der Waals surface area (Å²) in [5.74, 6) is -1.54. The number of halogens is 1. The minimum absolute atomic E-state index is 0.116. The van der Waals surface area contributed by atoms with Crippen LogP contribution in [0.5, 0.6) is 5.75 Å². The fourth-order valence-electron chi connectivity index (χ4n) is 1.15. The van der Waals surface area contributed by atoms with Gasteiger partial charge in [0.2, 0.25) is 0 Å². The number of nitrogens with zero attached hydrogens (tertiary/aromatic N) is 1. The Kier molecular flexibility index (Phi) is 4.28. The second-order valence-electron chi connectivity index (χ2n) is 3.18. The lowest BCUT2D eigenvalue weighted by Gasteiger charge is -2.04. The number of benzene rings is 1. The molecule has 0 spiro atoms. The van der Waals surface area contributed by atoms with Crippen molar-refractivity contribution in [3.63, 3.8) is 0 Å². The lowest BCUT2D eigenvalue weighted by Crippen LogP contribution is -2.25. The number of carbonyl (C=O) groups excluding carboxylic acids is 1. The highest BCUT2D eigenvalue weighted by Gasteiger charge is 2.11. The number of hydrogen-bond donors (Lipinski definition) is 2. The van der Waals surface area contributed by atoms with E-state index >= 15 is 0 Å². The van der Waals surface area contributed by atoms with Crippen molar-refractivity contribution in [3.8, 4) is 11.8 Å². The van der Waals surface area contributed by atoms with Crippen molar-refractivity contribution in [2.45, 2.75) is 12.8 Å². The molecule has 4 nitrogen and oxygen atoms in total. The van der Waals surface area contributed by atoms with Crippen molar-refractivity contribution in [1.82, 2.24) is 5.32 Å². The molecule has 0 saturated heterocycles. The van der Waals surface area contributed by atoms with E-state index in [1.54, 1.807) is 0 Å². The number of phenolic OH excluding ortho intramolecular Hbond substituents is 1. The van der Waals surface area contributed by atoms with Gasteiger partial charge in [-0.2, -0.15) is 5.26 Å². The lowest BCUT2D eigenvalue weighted by atomic mass is 10.2. The number of unbranched alkanes of at least 4 members (excludes halogenated alkanes) is 1. The highest BCUT2D eigenvalue weighted by Crippen LogP contribution is 2.14. The topological polar surface area (TPSA) is 73.1 Å². The van der Waals surface area contributed by atoms with Crippen LogP contribution in [0.25, 0.3) is 0 Å². The van der Waals surface area contributed by atoms with E-state index in [1.807, 2.05) is 6.07 Å². The van der Waals surface area contributed by atoms with Crippen LogP contribution in [0.1, 0.15) is 23.2 Å². The maximum Gasteiger partial charge on any atom is 0.254 e. The Morgan fingerprint density at radius 2 is 2.31 bits per heavy atom. The summed E-state index contributed by atoms with van der Waals surface area (Å²) in [4.78, 5) is 11.4. The highest BCUT2D eigenvalue weighted by atomic mass is 19.1. The van der Waals surface area contributed by atoms with Gasteiger partial charge in [0.1, 0.15) is 11.6 Å². The molecule has 0 saturated carbocycles. The molecule has 0 bridgehead atoms. The number of amides is 1. The molecule has 0 aliphatic carbocycles. The smallest absolute Gasteiger partial charge is 0.254 e. The third-order valence-corrected chi connectivity index (χ3v) is 1.95. The van der Waals surface area contributed by atoms with Crippen LogP contribution in [-0.4, -0.2) is 17.6 Å². The van der Waals surface area contributed by atoms with Crippen molar-refractivity contribution in [3.05, 3.63) is 29.6 Å². The largest absolute Gasteiger partial charge is 0.508 e. The SMILES string of the molecule is N#CCCCNC(=O)c1ccc(O)cc1F. The van der Waals surface area contributed by atoms with Crippen LogP contribution < -0.4 is 5.32 Å². The zero-order valence-electron chi connectivity index (χ0n) is 8.53. The Morgan fingerprint density at radius 3 is 2.94 bits per heavy atom. The van der Waals surface area contributed by atoms with Crippen molar-refractivity contribution in [1.29, 1.82) is 5.26 Å². The maximum atomic E-state index is 13.2. The molecule has 1 aromatic carbocycles. The minimum atomic E-state index is -0.766. The molecule has 2 N–H and O–H groups in total. The van der Waals surface area contributed by atoms with Crippen molar-refractivity contribution in [2.75, 3.05) is 6.54 Å². The first-order valence-corrected chi connectivity index (χ1v) is 4.79. The Balaban J connectivity index is 2.57. The first-order chi connectivity index (χ1) is 7.65. The van der Waals surface area contributed by atoms with Gasteiger partial charge in [-0.25, -0.2) is 4.39 Å². The van der Waals surface area contributed by atoms with E-state index < -0.39 is 11.7 Å². The van der Waals surface area contributed by atoms with Crippen LogP contribution in [0, 0.1) is 17.1 Å². The molecule has 84 valence electrons. The third-order valence-electron chi connectivity index (χ3n) is 1.95. The molecule has 0 heterocycles. The van der Waals surface area contributed by atoms with E-state index in [0.717, 1.165) is 6.07 Å². The molecule has 0 fully saturated rings. The van der Waals surface area contributed by atoms with Crippen LogP contribution in [0.3, 0.4) is 0 Å². The number of phenols is 1. The fourth-order valence-corrected chi connectivity index (χ4v) is 1.15. The number of rotatable bonds is 4. The van der Waals surface area contributed by atoms with Crippen molar-refractivity contribution < 1.29 is 14.3 Å². The summed E-state index contributed by atoms with van der Waals surface area (Å²) >= 11 is 0. The monoisotopic (exact) mass is 222 g/mol. The van der Waals surface area contributed by atoms with Crippen LogP contribution >= 0.6 is 0 Å². The molecular formula is C11H11FN2O2. The summed E-state index contributed by atoms with van der Waals surface area (Å²) in [5.41, 5.74) is -0.116. The van der Waals surface area contributed by atoms with Crippen molar-refractivity contribution in [2.24, 2.45) is 0 Å². The average molecular weight is 222 g/mol. The summed E-state index contributed by atoms with van der Waals surface area (Å²) < 4.78 is 13.2. The van der Waals surface area contributed by atoms with Gasteiger partial charge in [0, 0.05) is 19.0 Å². The number of carbonyl (C=O) groups is 1. The van der Waals surface area contributed by atoms with Gasteiger partial charge in [0.15, 0.2) is 0 Å². The predicted molar refractivity (Wildman–Crippen MR) is 55.2 cm³/mol. The normalized spacial score (nSPS) is 9.50. The van der Waals surface area contributed by atoms with Crippen LogP contribution in [0.15, 0.2) is 18.2 Å². The molecule has 0 aromatic heterocycles. The van der Waals surface area contributed by atoms with E-state index in [9.17, 15) is 9.18 Å².